The quantitative estimate of drug-likeness (QED) is 0.243. The molecule has 2 aliphatic heterocycles. The maximum atomic E-state index is 13.6. The number of aromatic amines is 1. The smallest absolute Gasteiger partial charge is 0.295 e. The molecule has 0 spiro atoms. The molecule has 210 valence electrons. The second-order valence-electron chi connectivity index (χ2n) is 9.83. The van der Waals surface area contributed by atoms with E-state index in [4.69, 9.17) is 26.1 Å². The first-order valence-electron chi connectivity index (χ1n) is 13.3. The highest BCUT2D eigenvalue weighted by atomic mass is 35.5. The highest BCUT2D eigenvalue weighted by Gasteiger charge is 2.32. The van der Waals surface area contributed by atoms with E-state index in [2.05, 4.69) is 20.0 Å². The minimum atomic E-state index is -0.616. The van der Waals surface area contributed by atoms with Crippen LogP contribution in [0.3, 0.4) is 0 Å². The predicted molar refractivity (Wildman–Crippen MR) is 156 cm³/mol. The summed E-state index contributed by atoms with van der Waals surface area (Å²) in [5.41, 5.74) is 3.00. The van der Waals surface area contributed by atoms with Crippen LogP contribution in [0.1, 0.15) is 15.9 Å². The zero-order chi connectivity index (χ0) is 28.8. The number of fused-ring (bicyclic) bond motifs is 3. The summed E-state index contributed by atoms with van der Waals surface area (Å²) >= 11 is 6.36. The number of hydrogen-bond donors (Lipinski definition) is 1. The minimum Gasteiger partial charge on any atom is -0.496 e. The third-order valence-corrected chi connectivity index (χ3v) is 7.70. The predicted octanol–water partition coefficient (Wildman–Crippen LogP) is 4.62. The van der Waals surface area contributed by atoms with E-state index in [-0.39, 0.29) is 5.56 Å². The van der Waals surface area contributed by atoms with Crippen molar-refractivity contribution in [1.82, 2.24) is 29.5 Å². The van der Waals surface area contributed by atoms with E-state index in [0.717, 1.165) is 5.56 Å². The number of ketones is 1. The Labute approximate surface area is 244 Å². The number of ether oxygens (including phenoxy) is 2. The van der Waals surface area contributed by atoms with Gasteiger partial charge in [0.05, 0.1) is 34.8 Å². The molecule has 11 nitrogen and oxygen atoms in total. The maximum absolute atomic E-state index is 13.6. The summed E-state index contributed by atoms with van der Waals surface area (Å²) in [5, 5.41) is 5.28. The van der Waals surface area contributed by atoms with Gasteiger partial charge in [0.2, 0.25) is 0 Å². The largest absolute Gasteiger partial charge is 0.496 e. The normalized spacial score (nSPS) is 14.5. The van der Waals surface area contributed by atoms with Crippen LogP contribution in [0.25, 0.3) is 16.6 Å². The van der Waals surface area contributed by atoms with Crippen molar-refractivity contribution in [1.29, 1.82) is 0 Å². The molecule has 42 heavy (non-hydrogen) atoms. The van der Waals surface area contributed by atoms with E-state index < -0.39 is 11.7 Å². The lowest BCUT2D eigenvalue weighted by atomic mass is 10.1. The average Bonchev–Trinajstić information content (AvgIpc) is 3.69. The summed E-state index contributed by atoms with van der Waals surface area (Å²) in [7, 11) is 1.52. The first kappa shape index (κ1) is 25.8. The van der Waals surface area contributed by atoms with Gasteiger partial charge in [0.25, 0.3) is 11.7 Å². The number of rotatable bonds is 4. The SMILES string of the molecule is COc1ccc(-n2cncn2)c2[nH]cc(C(=O)C(=O)N3CCN(C4=Nc5ccccc5Oc5ccc(Cl)cc54)CC3)c12. The van der Waals surface area contributed by atoms with Gasteiger partial charge in [-0.05, 0) is 42.5 Å². The fourth-order valence-corrected chi connectivity index (χ4v) is 5.56. The van der Waals surface area contributed by atoms with Gasteiger partial charge >= 0.3 is 0 Å². The van der Waals surface area contributed by atoms with Crippen LogP contribution in [-0.4, -0.2) is 80.4 Å². The van der Waals surface area contributed by atoms with Crippen LogP contribution in [0.5, 0.6) is 17.2 Å². The Balaban J connectivity index is 1.15. The molecule has 2 aromatic heterocycles. The average molecular weight is 582 g/mol. The Morgan fingerprint density at radius 1 is 1.02 bits per heavy atom. The second-order valence-corrected chi connectivity index (χ2v) is 10.3. The van der Waals surface area contributed by atoms with Crippen LogP contribution >= 0.6 is 11.6 Å². The number of para-hydroxylation sites is 2. The topological polar surface area (TPSA) is 118 Å². The number of Topliss-reactive ketones (excluding diaryl/α,β-unsaturated/α-hetero) is 1. The fraction of sp³-hybridized carbons (Fsp3) is 0.167. The Morgan fingerprint density at radius 2 is 1.86 bits per heavy atom. The third-order valence-electron chi connectivity index (χ3n) is 7.46. The summed E-state index contributed by atoms with van der Waals surface area (Å²) < 4.78 is 13.3. The summed E-state index contributed by atoms with van der Waals surface area (Å²) in [4.78, 5) is 42.8. The molecule has 1 N–H and O–H groups in total. The van der Waals surface area contributed by atoms with Crippen molar-refractivity contribution < 1.29 is 19.1 Å². The van der Waals surface area contributed by atoms with Crippen molar-refractivity contribution in [3.05, 3.63) is 89.6 Å². The van der Waals surface area contributed by atoms with Crippen LogP contribution in [0, 0.1) is 0 Å². The maximum Gasteiger partial charge on any atom is 0.295 e. The molecule has 1 saturated heterocycles. The number of amidine groups is 1. The molecule has 4 heterocycles. The lowest BCUT2D eigenvalue weighted by molar-refractivity contribution is -0.127. The lowest BCUT2D eigenvalue weighted by Crippen LogP contribution is -2.52. The molecular formula is C30H24ClN7O4. The molecule has 1 fully saturated rings. The van der Waals surface area contributed by atoms with Crippen molar-refractivity contribution >= 4 is 45.7 Å². The zero-order valence-corrected chi connectivity index (χ0v) is 23.2. The number of halogens is 1. The third kappa shape index (κ3) is 4.34. The molecule has 2 aliphatic rings. The number of carbonyl (C=O) groups excluding carboxylic acids is 2. The van der Waals surface area contributed by atoms with E-state index in [1.165, 1.54) is 13.4 Å². The van der Waals surface area contributed by atoms with Gasteiger partial charge in [0.15, 0.2) is 5.75 Å². The van der Waals surface area contributed by atoms with Crippen molar-refractivity contribution in [2.24, 2.45) is 4.99 Å². The number of aromatic nitrogens is 4. The molecule has 3 aromatic carbocycles. The van der Waals surface area contributed by atoms with Crippen LogP contribution < -0.4 is 9.47 Å². The number of nitrogens with zero attached hydrogens (tertiary/aromatic N) is 6. The van der Waals surface area contributed by atoms with E-state index in [9.17, 15) is 9.59 Å². The van der Waals surface area contributed by atoms with Gasteiger partial charge in [-0.3, -0.25) is 9.59 Å². The molecule has 12 heteroatoms. The van der Waals surface area contributed by atoms with Crippen LogP contribution in [0.2, 0.25) is 5.02 Å². The molecule has 0 aliphatic carbocycles. The van der Waals surface area contributed by atoms with Crippen molar-refractivity contribution in [3.63, 3.8) is 0 Å². The van der Waals surface area contributed by atoms with Gasteiger partial charge in [-0.15, -0.1) is 0 Å². The number of aliphatic imine (C=N–C) groups is 1. The summed E-state index contributed by atoms with van der Waals surface area (Å²) in [5.74, 6) is 1.28. The van der Waals surface area contributed by atoms with Gasteiger partial charge in [-0.1, -0.05) is 23.7 Å². The highest BCUT2D eigenvalue weighted by molar-refractivity contribution is 6.45. The van der Waals surface area contributed by atoms with E-state index in [1.807, 2.05) is 42.5 Å². The van der Waals surface area contributed by atoms with Crippen molar-refractivity contribution in [3.8, 4) is 22.9 Å². The van der Waals surface area contributed by atoms with Gasteiger partial charge in [-0.25, -0.2) is 14.7 Å². The van der Waals surface area contributed by atoms with Crippen LogP contribution in [0.15, 0.2) is 78.4 Å². The fourth-order valence-electron chi connectivity index (χ4n) is 5.39. The first-order valence-corrected chi connectivity index (χ1v) is 13.7. The van der Waals surface area contributed by atoms with Gasteiger partial charge in [-0.2, -0.15) is 5.10 Å². The van der Waals surface area contributed by atoms with Gasteiger partial charge < -0.3 is 24.3 Å². The summed E-state index contributed by atoms with van der Waals surface area (Å²) in [6.07, 6.45) is 4.53. The minimum absolute atomic E-state index is 0.238. The Kier molecular flexibility index (Phi) is 6.35. The molecule has 0 radical (unpaired) electrons. The Hall–Kier alpha value is -5.16. The number of carbonyl (C=O) groups is 2. The monoisotopic (exact) mass is 581 g/mol. The van der Waals surface area contributed by atoms with E-state index in [1.54, 1.807) is 34.2 Å². The number of hydrogen-bond acceptors (Lipinski definition) is 8. The van der Waals surface area contributed by atoms with Gasteiger partial charge in [0, 0.05) is 37.4 Å². The highest BCUT2D eigenvalue weighted by Crippen LogP contribution is 2.39. The first-order chi connectivity index (χ1) is 20.5. The Morgan fingerprint density at radius 3 is 2.64 bits per heavy atom. The number of piperazine rings is 1. The zero-order valence-electron chi connectivity index (χ0n) is 22.5. The number of benzene rings is 3. The molecule has 7 rings (SSSR count). The second kappa shape index (κ2) is 10.3. The molecule has 0 atom stereocenters. The van der Waals surface area contributed by atoms with Crippen LogP contribution in [0.4, 0.5) is 5.69 Å². The number of nitrogens with one attached hydrogen (secondary N) is 1. The molecule has 1 amide bonds. The number of methoxy groups -OCH3 is 1. The molecule has 5 aromatic rings. The van der Waals surface area contributed by atoms with Crippen molar-refractivity contribution in [2.45, 2.75) is 0 Å². The summed E-state index contributed by atoms with van der Waals surface area (Å²) in [6, 6.07) is 16.6. The standard InChI is InChI=1S/C30H24ClN7O4/c1-41-25-9-7-22(38-17-32-16-34-38)27-26(25)20(15-33-27)28(39)30(40)37-12-10-36(11-13-37)29-19-14-18(31)6-8-23(19)42-24-5-3-2-4-21(24)35-29/h2-9,14-17,33H,10-13H2,1H3. The molecule has 0 bridgehead atoms. The van der Waals surface area contributed by atoms with E-state index >= 15 is 0 Å². The van der Waals surface area contributed by atoms with Crippen LogP contribution in [-0.2, 0) is 4.79 Å². The van der Waals surface area contributed by atoms with E-state index in [0.29, 0.717) is 76.6 Å². The molecule has 0 saturated carbocycles. The molecule has 0 unspecified atom stereocenters. The number of H-pyrrole nitrogens is 1. The summed E-state index contributed by atoms with van der Waals surface area (Å²) in [6.45, 7) is 1.62. The van der Waals surface area contributed by atoms with Gasteiger partial charge in [0.1, 0.15) is 35.7 Å². The molecular weight excluding hydrogens is 558 g/mol. The number of amides is 1. The Bertz CT molecular complexity index is 1870. The lowest BCUT2D eigenvalue weighted by Gasteiger charge is -2.36. The van der Waals surface area contributed by atoms with Crippen molar-refractivity contribution in [2.75, 3.05) is 33.3 Å².